The van der Waals surface area contributed by atoms with E-state index in [4.69, 9.17) is 5.73 Å². The van der Waals surface area contributed by atoms with Gasteiger partial charge in [-0.3, -0.25) is 4.79 Å². The zero-order chi connectivity index (χ0) is 11.1. The molecule has 0 unspecified atom stereocenters. The monoisotopic (exact) mass is 219 g/mol. The maximum absolute atomic E-state index is 11.8. The van der Waals surface area contributed by atoms with E-state index >= 15 is 0 Å². The number of fused-ring (bicyclic) bond motifs is 1. The lowest BCUT2D eigenvalue weighted by Gasteiger charge is -2.20. The Morgan fingerprint density at radius 1 is 1.44 bits per heavy atom. The van der Waals surface area contributed by atoms with Crippen molar-refractivity contribution in [3.05, 3.63) is 27.7 Å². The van der Waals surface area contributed by atoms with Crippen LogP contribution in [0.5, 0.6) is 0 Å². The third-order valence-electron chi connectivity index (χ3n) is 3.53. The molecule has 4 heteroatoms. The summed E-state index contributed by atoms with van der Waals surface area (Å²) in [5.74, 6) is 0.689. The molecule has 0 radical (unpaired) electrons. The van der Waals surface area contributed by atoms with Crippen molar-refractivity contribution >= 4 is 0 Å². The number of aromatic nitrogens is 2. The van der Waals surface area contributed by atoms with E-state index in [1.807, 2.05) is 0 Å². The predicted molar refractivity (Wildman–Crippen MR) is 61.2 cm³/mol. The normalized spacial score (nSPS) is 24.2. The summed E-state index contributed by atoms with van der Waals surface area (Å²) in [4.78, 5) is 11.8. The molecule has 4 nitrogen and oxygen atoms in total. The van der Waals surface area contributed by atoms with Gasteiger partial charge in [-0.1, -0.05) is 0 Å². The van der Waals surface area contributed by atoms with Crippen LogP contribution >= 0.6 is 0 Å². The van der Waals surface area contributed by atoms with Crippen LogP contribution in [0.15, 0.2) is 10.9 Å². The molecule has 1 heterocycles. The number of nitrogens with two attached hydrogens (primary N) is 1. The minimum absolute atomic E-state index is 0.0414. The molecule has 0 saturated heterocycles. The molecule has 2 N–H and O–H groups in total. The van der Waals surface area contributed by atoms with Crippen molar-refractivity contribution in [2.45, 2.75) is 44.7 Å². The van der Waals surface area contributed by atoms with E-state index in [-0.39, 0.29) is 11.6 Å². The molecule has 0 bridgehead atoms. The average Bonchev–Trinajstić information content (AvgIpc) is 3.03. The zero-order valence-electron chi connectivity index (χ0n) is 9.35. The Morgan fingerprint density at radius 2 is 2.25 bits per heavy atom. The molecular weight excluding hydrogens is 202 g/mol. The van der Waals surface area contributed by atoms with Gasteiger partial charge in [0.1, 0.15) is 0 Å². The number of nitrogens with zero attached hydrogens (tertiary/aromatic N) is 2. The van der Waals surface area contributed by atoms with Gasteiger partial charge in [0, 0.05) is 18.7 Å². The molecule has 1 aromatic rings. The van der Waals surface area contributed by atoms with Gasteiger partial charge in [-0.25, -0.2) is 4.68 Å². The Hall–Kier alpha value is -1.16. The highest BCUT2D eigenvalue weighted by Gasteiger charge is 2.24. The largest absolute Gasteiger partial charge is 0.327 e. The van der Waals surface area contributed by atoms with E-state index in [2.05, 4.69) is 5.10 Å². The van der Waals surface area contributed by atoms with Crippen LogP contribution in [0.1, 0.15) is 30.5 Å². The highest BCUT2D eigenvalue weighted by atomic mass is 16.1. The molecule has 16 heavy (non-hydrogen) atoms. The van der Waals surface area contributed by atoms with Crippen LogP contribution in [0.4, 0.5) is 0 Å². The van der Waals surface area contributed by atoms with E-state index < -0.39 is 0 Å². The molecule has 1 atom stereocenters. The Morgan fingerprint density at radius 3 is 3.00 bits per heavy atom. The third kappa shape index (κ3) is 1.89. The van der Waals surface area contributed by atoms with Gasteiger partial charge in [0.15, 0.2) is 0 Å². The van der Waals surface area contributed by atoms with Crippen LogP contribution in [0.2, 0.25) is 0 Å². The number of aryl methyl sites for hydroxylation is 1. The molecule has 0 aliphatic heterocycles. The first-order valence-corrected chi connectivity index (χ1v) is 6.08. The lowest BCUT2D eigenvalue weighted by molar-refractivity contribution is 0.492. The lowest BCUT2D eigenvalue weighted by atomic mass is 9.93. The molecule has 0 amide bonds. The summed E-state index contributed by atoms with van der Waals surface area (Å²) in [6, 6.07) is 1.94. The first-order chi connectivity index (χ1) is 7.72. The van der Waals surface area contributed by atoms with Crippen molar-refractivity contribution in [1.82, 2.24) is 9.78 Å². The van der Waals surface area contributed by atoms with Gasteiger partial charge in [0.2, 0.25) is 0 Å². The summed E-state index contributed by atoms with van der Waals surface area (Å²) in [5.41, 5.74) is 8.08. The quantitative estimate of drug-likeness (QED) is 0.786. The second-order valence-electron chi connectivity index (χ2n) is 5.08. The Kier molecular flexibility index (Phi) is 2.32. The summed E-state index contributed by atoms with van der Waals surface area (Å²) in [6.07, 6.45) is 5.21. The van der Waals surface area contributed by atoms with Gasteiger partial charge >= 0.3 is 0 Å². The topological polar surface area (TPSA) is 60.9 Å². The summed E-state index contributed by atoms with van der Waals surface area (Å²) in [6.45, 7) is 0.804. The number of hydrogen-bond acceptors (Lipinski definition) is 3. The fraction of sp³-hybridized carbons (Fsp3) is 0.667. The molecular formula is C12H17N3O. The second-order valence-corrected chi connectivity index (χ2v) is 5.08. The SMILES string of the molecule is N[C@@H]1CCc2nn(CC3CC3)c(=O)cc2C1. The summed E-state index contributed by atoms with van der Waals surface area (Å²) >= 11 is 0. The molecule has 86 valence electrons. The van der Waals surface area contributed by atoms with Crippen LogP contribution in [0.25, 0.3) is 0 Å². The molecule has 2 aliphatic rings. The second kappa shape index (κ2) is 3.70. The molecule has 1 aromatic heterocycles. The smallest absolute Gasteiger partial charge is 0.267 e. The van der Waals surface area contributed by atoms with Crippen molar-refractivity contribution in [1.29, 1.82) is 0 Å². The van der Waals surface area contributed by atoms with Gasteiger partial charge in [-0.2, -0.15) is 5.10 Å². The highest BCUT2D eigenvalue weighted by molar-refractivity contribution is 5.22. The Labute approximate surface area is 94.5 Å². The average molecular weight is 219 g/mol. The molecule has 0 spiro atoms. The number of rotatable bonds is 2. The molecule has 1 saturated carbocycles. The standard InChI is InChI=1S/C12H17N3O/c13-10-3-4-11-9(5-10)6-12(16)15(14-11)7-8-1-2-8/h6,8,10H,1-5,7,13H2/t10-/m1/s1. The van der Waals surface area contributed by atoms with E-state index in [0.717, 1.165) is 37.1 Å². The van der Waals surface area contributed by atoms with Crippen LogP contribution in [0.3, 0.4) is 0 Å². The third-order valence-corrected chi connectivity index (χ3v) is 3.53. The Bertz CT molecular complexity index is 462. The fourth-order valence-electron chi connectivity index (χ4n) is 2.34. The minimum atomic E-state index is 0.0414. The van der Waals surface area contributed by atoms with Crippen LogP contribution in [0, 0.1) is 5.92 Å². The van der Waals surface area contributed by atoms with Crippen molar-refractivity contribution in [3.8, 4) is 0 Å². The first-order valence-electron chi connectivity index (χ1n) is 6.08. The van der Waals surface area contributed by atoms with Crippen molar-refractivity contribution in [2.75, 3.05) is 0 Å². The Balaban J connectivity index is 1.93. The first kappa shape index (κ1) is 10.0. The maximum Gasteiger partial charge on any atom is 0.267 e. The highest BCUT2D eigenvalue weighted by Crippen LogP contribution is 2.30. The van der Waals surface area contributed by atoms with Gasteiger partial charge in [-0.05, 0) is 43.6 Å². The molecule has 3 rings (SSSR count). The van der Waals surface area contributed by atoms with Crippen molar-refractivity contribution in [2.24, 2.45) is 11.7 Å². The molecule has 0 aromatic carbocycles. The van der Waals surface area contributed by atoms with Gasteiger partial charge < -0.3 is 5.73 Å². The summed E-state index contributed by atoms with van der Waals surface area (Å²) in [7, 11) is 0. The van der Waals surface area contributed by atoms with E-state index in [0.29, 0.717) is 5.92 Å². The maximum atomic E-state index is 11.8. The van der Waals surface area contributed by atoms with E-state index in [9.17, 15) is 4.79 Å². The summed E-state index contributed by atoms with van der Waals surface area (Å²) < 4.78 is 1.65. The predicted octanol–water partition coefficient (Wildman–Crippen LogP) is 0.469. The van der Waals surface area contributed by atoms with Gasteiger partial charge in [0.25, 0.3) is 5.56 Å². The van der Waals surface area contributed by atoms with Crippen molar-refractivity contribution < 1.29 is 0 Å². The van der Waals surface area contributed by atoms with Gasteiger partial charge in [0.05, 0.1) is 5.69 Å². The molecule has 2 aliphatic carbocycles. The number of hydrogen-bond donors (Lipinski definition) is 1. The van der Waals surface area contributed by atoms with E-state index in [1.165, 1.54) is 12.8 Å². The van der Waals surface area contributed by atoms with E-state index in [1.54, 1.807) is 10.7 Å². The lowest BCUT2D eigenvalue weighted by Crippen LogP contribution is -2.33. The van der Waals surface area contributed by atoms with Crippen LogP contribution in [-0.2, 0) is 19.4 Å². The van der Waals surface area contributed by atoms with Crippen LogP contribution in [-0.4, -0.2) is 15.8 Å². The van der Waals surface area contributed by atoms with Gasteiger partial charge in [-0.15, -0.1) is 0 Å². The van der Waals surface area contributed by atoms with Crippen molar-refractivity contribution in [3.63, 3.8) is 0 Å². The van der Waals surface area contributed by atoms with Crippen LogP contribution < -0.4 is 11.3 Å². The zero-order valence-corrected chi connectivity index (χ0v) is 9.35. The fourth-order valence-corrected chi connectivity index (χ4v) is 2.34. The minimum Gasteiger partial charge on any atom is -0.327 e. The summed E-state index contributed by atoms with van der Waals surface area (Å²) in [5, 5.41) is 4.48. The molecule has 1 fully saturated rings.